The number of phenolic OH excluding ortho intramolecular Hbond substituents is 1. The van der Waals surface area contributed by atoms with E-state index >= 15 is 0 Å². The molecule has 128 valence electrons. The van der Waals surface area contributed by atoms with Crippen LogP contribution < -0.4 is 5.32 Å². The fourth-order valence-corrected chi connectivity index (χ4v) is 2.85. The van der Waals surface area contributed by atoms with Crippen LogP contribution in [0.1, 0.15) is 11.1 Å². The van der Waals surface area contributed by atoms with Crippen molar-refractivity contribution in [1.29, 1.82) is 0 Å². The molecular formula is C18H18N4O2S. The van der Waals surface area contributed by atoms with E-state index in [2.05, 4.69) is 20.5 Å². The van der Waals surface area contributed by atoms with Gasteiger partial charge in [-0.3, -0.25) is 9.89 Å². The Morgan fingerprint density at radius 3 is 2.76 bits per heavy atom. The van der Waals surface area contributed by atoms with Gasteiger partial charge in [0, 0.05) is 5.69 Å². The van der Waals surface area contributed by atoms with Crippen LogP contribution in [0.25, 0.3) is 11.4 Å². The smallest absolute Gasteiger partial charge is 0.234 e. The number of nitrogens with zero attached hydrogens (tertiary/aromatic N) is 2. The van der Waals surface area contributed by atoms with Crippen molar-refractivity contribution in [2.75, 3.05) is 11.1 Å². The number of H-pyrrole nitrogens is 1. The molecule has 1 heterocycles. The summed E-state index contributed by atoms with van der Waals surface area (Å²) in [7, 11) is 0. The predicted molar refractivity (Wildman–Crippen MR) is 98.8 cm³/mol. The molecule has 1 amide bonds. The summed E-state index contributed by atoms with van der Waals surface area (Å²) >= 11 is 1.23. The molecule has 0 bridgehead atoms. The molecule has 0 saturated heterocycles. The first kappa shape index (κ1) is 17.0. The highest BCUT2D eigenvalue weighted by Crippen LogP contribution is 2.27. The molecule has 0 radical (unpaired) electrons. The van der Waals surface area contributed by atoms with Crippen LogP contribution in [-0.4, -0.2) is 31.9 Å². The normalized spacial score (nSPS) is 10.6. The summed E-state index contributed by atoms with van der Waals surface area (Å²) in [5.41, 5.74) is 3.66. The summed E-state index contributed by atoms with van der Waals surface area (Å²) in [6.45, 7) is 4.04. The summed E-state index contributed by atoms with van der Waals surface area (Å²) in [5.74, 6) is 0.672. The molecule has 2 aromatic carbocycles. The molecule has 1 aromatic heterocycles. The van der Waals surface area contributed by atoms with Crippen LogP contribution in [0.2, 0.25) is 0 Å². The quantitative estimate of drug-likeness (QED) is 0.610. The molecule has 0 unspecified atom stereocenters. The maximum absolute atomic E-state index is 12.1. The number of carbonyl (C=O) groups is 1. The molecule has 7 heteroatoms. The van der Waals surface area contributed by atoms with Crippen molar-refractivity contribution in [1.82, 2.24) is 15.2 Å². The van der Waals surface area contributed by atoms with Crippen molar-refractivity contribution in [3.8, 4) is 17.1 Å². The average molecular weight is 354 g/mol. The predicted octanol–water partition coefficient (Wildman–Crippen LogP) is 3.52. The summed E-state index contributed by atoms with van der Waals surface area (Å²) in [4.78, 5) is 16.4. The van der Waals surface area contributed by atoms with Crippen LogP contribution in [0.5, 0.6) is 5.75 Å². The van der Waals surface area contributed by atoms with Crippen molar-refractivity contribution in [2.45, 2.75) is 19.0 Å². The SMILES string of the molecule is Cc1ccc(NC(=O)CSc2n[nH]c(-c3ccccc3O)n2)cc1C. The number of hydrogen-bond acceptors (Lipinski definition) is 5. The topological polar surface area (TPSA) is 90.9 Å². The van der Waals surface area contributed by atoms with Gasteiger partial charge in [0.2, 0.25) is 11.1 Å². The first-order chi connectivity index (χ1) is 12.0. The maximum atomic E-state index is 12.1. The zero-order valence-electron chi connectivity index (χ0n) is 13.9. The molecule has 0 spiro atoms. The third-order valence-corrected chi connectivity index (χ3v) is 4.59. The number of hydrogen-bond donors (Lipinski definition) is 3. The first-order valence-electron chi connectivity index (χ1n) is 7.73. The van der Waals surface area contributed by atoms with Crippen molar-refractivity contribution in [3.63, 3.8) is 0 Å². The largest absolute Gasteiger partial charge is 0.507 e. The van der Waals surface area contributed by atoms with E-state index in [4.69, 9.17) is 0 Å². The fraction of sp³-hybridized carbons (Fsp3) is 0.167. The van der Waals surface area contributed by atoms with E-state index in [1.807, 2.05) is 32.0 Å². The van der Waals surface area contributed by atoms with Gasteiger partial charge in [0.1, 0.15) is 5.75 Å². The molecule has 3 rings (SSSR count). The van der Waals surface area contributed by atoms with Gasteiger partial charge < -0.3 is 10.4 Å². The number of aryl methyl sites for hydroxylation is 2. The standard InChI is InChI=1S/C18H18N4O2S/c1-11-7-8-13(9-12(11)2)19-16(24)10-25-18-20-17(21-22-18)14-5-3-4-6-15(14)23/h3-9,23H,10H2,1-2H3,(H,19,24)(H,20,21,22). The lowest BCUT2D eigenvalue weighted by Crippen LogP contribution is -2.14. The minimum atomic E-state index is -0.123. The molecule has 0 saturated carbocycles. The number of thioether (sulfide) groups is 1. The molecule has 0 aliphatic carbocycles. The number of rotatable bonds is 5. The lowest BCUT2D eigenvalue weighted by atomic mass is 10.1. The van der Waals surface area contributed by atoms with E-state index in [0.717, 1.165) is 11.3 Å². The summed E-state index contributed by atoms with van der Waals surface area (Å²) < 4.78 is 0. The number of benzene rings is 2. The highest BCUT2D eigenvalue weighted by Gasteiger charge is 2.11. The van der Waals surface area contributed by atoms with E-state index in [0.29, 0.717) is 16.5 Å². The van der Waals surface area contributed by atoms with Crippen LogP contribution in [0.4, 0.5) is 5.69 Å². The zero-order chi connectivity index (χ0) is 17.8. The number of carbonyl (C=O) groups excluding carboxylic acids is 1. The number of anilines is 1. The highest BCUT2D eigenvalue weighted by molar-refractivity contribution is 7.99. The van der Waals surface area contributed by atoms with E-state index in [1.54, 1.807) is 24.3 Å². The van der Waals surface area contributed by atoms with Crippen molar-refractivity contribution in [2.24, 2.45) is 0 Å². The lowest BCUT2D eigenvalue weighted by molar-refractivity contribution is -0.113. The Bertz CT molecular complexity index is 908. The third-order valence-electron chi connectivity index (χ3n) is 3.75. The van der Waals surface area contributed by atoms with Gasteiger partial charge in [0.15, 0.2) is 5.82 Å². The number of aromatic amines is 1. The molecule has 0 aliphatic heterocycles. The molecule has 0 atom stereocenters. The number of para-hydroxylation sites is 1. The Morgan fingerprint density at radius 2 is 2.00 bits per heavy atom. The third kappa shape index (κ3) is 4.19. The van der Waals surface area contributed by atoms with Gasteiger partial charge in [0.05, 0.1) is 11.3 Å². The van der Waals surface area contributed by atoms with Crippen molar-refractivity contribution in [3.05, 3.63) is 53.6 Å². The summed E-state index contributed by atoms with van der Waals surface area (Å²) in [6.07, 6.45) is 0. The van der Waals surface area contributed by atoms with Crippen LogP contribution in [0.15, 0.2) is 47.6 Å². The average Bonchev–Trinajstić information content (AvgIpc) is 3.05. The number of nitrogens with one attached hydrogen (secondary N) is 2. The second kappa shape index (κ2) is 7.40. The molecular weight excluding hydrogens is 336 g/mol. The van der Waals surface area contributed by atoms with E-state index in [1.165, 1.54) is 17.3 Å². The molecule has 25 heavy (non-hydrogen) atoms. The summed E-state index contributed by atoms with van der Waals surface area (Å²) in [5, 5.41) is 20.0. The number of aromatic nitrogens is 3. The number of aromatic hydroxyl groups is 1. The van der Waals surface area contributed by atoms with Crippen LogP contribution in [-0.2, 0) is 4.79 Å². The van der Waals surface area contributed by atoms with Gasteiger partial charge >= 0.3 is 0 Å². The van der Waals surface area contributed by atoms with Crippen LogP contribution in [0, 0.1) is 13.8 Å². The van der Waals surface area contributed by atoms with E-state index in [9.17, 15) is 9.90 Å². The Kier molecular flexibility index (Phi) is 5.04. The van der Waals surface area contributed by atoms with Gasteiger partial charge in [-0.1, -0.05) is 30.0 Å². The molecule has 3 aromatic rings. The minimum absolute atomic E-state index is 0.123. The van der Waals surface area contributed by atoms with Gasteiger partial charge in [-0.2, -0.15) is 0 Å². The highest BCUT2D eigenvalue weighted by atomic mass is 32.2. The van der Waals surface area contributed by atoms with Gasteiger partial charge in [0.25, 0.3) is 0 Å². The van der Waals surface area contributed by atoms with E-state index in [-0.39, 0.29) is 17.4 Å². The molecule has 3 N–H and O–H groups in total. The Labute approximate surface area is 149 Å². The maximum Gasteiger partial charge on any atom is 0.234 e. The summed E-state index contributed by atoms with van der Waals surface area (Å²) in [6, 6.07) is 12.7. The monoisotopic (exact) mass is 354 g/mol. The second-order valence-corrected chi connectivity index (χ2v) is 6.56. The molecule has 0 aliphatic rings. The lowest BCUT2D eigenvalue weighted by Gasteiger charge is -2.06. The van der Waals surface area contributed by atoms with E-state index < -0.39 is 0 Å². The second-order valence-electron chi connectivity index (χ2n) is 5.62. The molecule has 6 nitrogen and oxygen atoms in total. The van der Waals surface area contributed by atoms with Crippen LogP contribution in [0.3, 0.4) is 0 Å². The Hall–Kier alpha value is -2.80. The Morgan fingerprint density at radius 1 is 1.20 bits per heavy atom. The number of phenols is 1. The van der Waals surface area contributed by atoms with Crippen molar-refractivity contribution < 1.29 is 9.90 Å². The van der Waals surface area contributed by atoms with Gasteiger partial charge in [-0.25, -0.2) is 4.98 Å². The zero-order valence-corrected chi connectivity index (χ0v) is 14.7. The first-order valence-corrected chi connectivity index (χ1v) is 8.72. The van der Waals surface area contributed by atoms with Crippen molar-refractivity contribution >= 4 is 23.4 Å². The minimum Gasteiger partial charge on any atom is -0.507 e. The van der Waals surface area contributed by atoms with Gasteiger partial charge in [-0.05, 0) is 49.2 Å². The van der Waals surface area contributed by atoms with Gasteiger partial charge in [-0.15, -0.1) is 5.10 Å². The van der Waals surface area contributed by atoms with Crippen LogP contribution >= 0.6 is 11.8 Å². The fourth-order valence-electron chi connectivity index (χ4n) is 2.25. The number of amides is 1. The molecule has 0 fully saturated rings. The Balaban J connectivity index is 1.59.